The number of rotatable bonds is 12. The lowest BCUT2D eigenvalue weighted by Crippen LogP contribution is -2.49. The Balaban J connectivity index is 2.14. The molecule has 0 aliphatic heterocycles. The van der Waals surface area contributed by atoms with E-state index in [1.807, 2.05) is 69.3 Å². The van der Waals surface area contributed by atoms with Crippen molar-refractivity contribution in [3.8, 4) is 0 Å². The molecule has 2 atom stereocenters. The van der Waals surface area contributed by atoms with Crippen LogP contribution < -0.4 is 9.62 Å². The van der Waals surface area contributed by atoms with Crippen LogP contribution in [0.5, 0.6) is 0 Å². The third kappa shape index (κ3) is 8.17. The second-order valence-electron chi connectivity index (χ2n) is 8.78. The number of aryl methyl sites for hydroxylation is 1. The lowest BCUT2D eigenvalue weighted by atomic mass is 10.1. The highest BCUT2D eigenvalue weighted by Crippen LogP contribution is 2.20. The molecule has 34 heavy (non-hydrogen) atoms. The molecule has 2 aromatic rings. The molecule has 0 saturated heterocycles. The zero-order chi connectivity index (χ0) is 25.3. The van der Waals surface area contributed by atoms with Gasteiger partial charge in [0.15, 0.2) is 0 Å². The summed E-state index contributed by atoms with van der Waals surface area (Å²) in [4.78, 5) is 27.6. The Hall–Kier alpha value is -2.87. The minimum Gasteiger partial charge on any atom is -0.352 e. The van der Waals surface area contributed by atoms with Crippen molar-refractivity contribution < 1.29 is 18.0 Å². The van der Waals surface area contributed by atoms with E-state index in [0.29, 0.717) is 18.7 Å². The van der Waals surface area contributed by atoms with Gasteiger partial charge in [-0.2, -0.15) is 0 Å². The van der Waals surface area contributed by atoms with Crippen molar-refractivity contribution >= 4 is 27.5 Å². The summed E-state index contributed by atoms with van der Waals surface area (Å²) in [5.41, 5.74) is 2.46. The van der Waals surface area contributed by atoms with Crippen LogP contribution in [0.15, 0.2) is 54.6 Å². The molecule has 0 aliphatic rings. The minimum absolute atomic E-state index is 0.0151. The molecule has 0 heterocycles. The smallest absolute Gasteiger partial charge is 0.242 e. The topological polar surface area (TPSA) is 86.8 Å². The van der Waals surface area contributed by atoms with E-state index in [1.54, 1.807) is 17.9 Å². The Bertz CT molecular complexity index is 1060. The molecule has 0 aliphatic carbocycles. The highest BCUT2D eigenvalue weighted by molar-refractivity contribution is 7.92. The number of carbonyl (C=O) groups excluding carboxylic acids is 2. The van der Waals surface area contributed by atoms with Gasteiger partial charge in [-0.1, -0.05) is 49.4 Å². The number of nitrogens with one attached hydrogen (secondary N) is 1. The summed E-state index contributed by atoms with van der Waals surface area (Å²) in [6.07, 6.45) is 2.43. The fourth-order valence-electron chi connectivity index (χ4n) is 3.62. The molecule has 0 unspecified atom stereocenters. The molecule has 186 valence electrons. The van der Waals surface area contributed by atoms with E-state index >= 15 is 0 Å². The van der Waals surface area contributed by atoms with E-state index in [2.05, 4.69) is 5.32 Å². The summed E-state index contributed by atoms with van der Waals surface area (Å²) in [5, 5.41) is 2.95. The van der Waals surface area contributed by atoms with E-state index in [9.17, 15) is 18.0 Å². The molecule has 0 aromatic heterocycles. The molecule has 0 spiro atoms. The van der Waals surface area contributed by atoms with Crippen molar-refractivity contribution in [1.29, 1.82) is 0 Å². The Morgan fingerprint density at radius 3 is 2.29 bits per heavy atom. The predicted octanol–water partition coefficient (Wildman–Crippen LogP) is 3.87. The Kier molecular flexibility index (Phi) is 10.1. The van der Waals surface area contributed by atoms with E-state index in [-0.39, 0.29) is 30.8 Å². The first-order chi connectivity index (χ1) is 16.0. The first-order valence-corrected chi connectivity index (χ1v) is 13.6. The summed E-state index contributed by atoms with van der Waals surface area (Å²) in [5.74, 6) is -0.385. The lowest BCUT2D eigenvalue weighted by molar-refractivity contribution is -0.140. The Morgan fingerprint density at radius 2 is 1.71 bits per heavy atom. The maximum absolute atomic E-state index is 13.2. The van der Waals surface area contributed by atoms with Gasteiger partial charge in [-0.05, 0) is 56.9 Å². The van der Waals surface area contributed by atoms with Crippen LogP contribution in [0.25, 0.3) is 0 Å². The molecule has 7 nitrogen and oxygen atoms in total. The van der Waals surface area contributed by atoms with E-state index in [1.165, 1.54) is 10.6 Å². The molecule has 0 bridgehead atoms. The van der Waals surface area contributed by atoms with Gasteiger partial charge < -0.3 is 10.2 Å². The average molecular weight is 488 g/mol. The van der Waals surface area contributed by atoms with Crippen LogP contribution in [0.2, 0.25) is 0 Å². The van der Waals surface area contributed by atoms with Crippen LogP contribution in [-0.4, -0.2) is 50.0 Å². The lowest BCUT2D eigenvalue weighted by Gasteiger charge is -2.30. The van der Waals surface area contributed by atoms with E-state index < -0.39 is 16.1 Å². The Labute approximate surface area is 204 Å². The number of hydrogen-bond donors (Lipinski definition) is 1. The number of amides is 2. The number of sulfonamides is 1. The number of carbonyl (C=O) groups is 2. The number of nitrogens with zero attached hydrogens (tertiary/aromatic N) is 2. The molecular weight excluding hydrogens is 450 g/mol. The van der Waals surface area contributed by atoms with Gasteiger partial charge in [-0.25, -0.2) is 8.42 Å². The van der Waals surface area contributed by atoms with Crippen LogP contribution >= 0.6 is 0 Å². The SMILES string of the molecule is CC[C@@H](C)NC(=O)[C@@H](C)N(Cc1ccccc1)C(=O)CCCN(c1cccc(C)c1)S(C)(=O)=O. The van der Waals surface area contributed by atoms with Gasteiger partial charge in [0, 0.05) is 25.6 Å². The molecule has 2 aromatic carbocycles. The molecule has 1 N–H and O–H groups in total. The standard InChI is InChI=1S/C26H37N3O4S/c1-6-21(3)27-26(31)22(4)28(19-23-13-8-7-9-14-23)25(30)16-11-17-29(34(5,32)33)24-15-10-12-20(2)18-24/h7-10,12-15,18,21-22H,6,11,16-17,19H2,1-5H3,(H,27,31)/t21-,22-/m1/s1. The van der Waals surface area contributed by atoms with Crippen molar-refractivity contribution in [2.24, 2.45) is 0 Å². The molecular formula is C26H37N3O4S. The predicted molar refractivity (Wildman–Crippen MR) is 137 cm³/mol. The van der Waals surface area contributed by atoms with Crippen LogP contribution in [-0.2, 0) is 26.2 Å². The zero-order valence-corrected chi connectivity index (χ0v) is 21.6. The van der Waals surface area contributed by atoms with Crippen molar-refractivity contribution in [3.05, 3.63) is 65.7 Å². The maximum atomic E-state index is 13.2. The third-order valence-electron chi connectivity index (χ3n) is 5.81. The summed E-state index contributed by atoms with van der Waals surface area (Å²) in [6, 6.07) is 16.2. The molecule has 2 rings (SSSR count). The third-order valence-corrected chi connectivity index (χ3v) is 7.00. The van der Waals surface area contributed by atoms with Gasteiger partial charge in [0.05, 0.1) is 11.9 Å². The first-order valence-electron chi connectivity index (χ1n) is 11.7. The normalized spacial score (nSPS) is 13.1. The summed E-state index contributed by atoms with van der Waals surface area (Å²) >= 11 is 0. The number of anilines is 1. The van der Waals surface area contributed by atoms with Crippen LogP contribution in [0.4, 0.5) is 5.69 Å². The van der Waals surface area contributed by atoms with Crippen molar-refractivity contribution in [2.75, 3.05) is 17.1 Å². The molecule has 8 heteroatoms. The first kappa shape index (κ1) is 27.4. The number of hydrogen-bond acceptors (Lipinski definition) is 4. The maximum Gasteiger partial charge on any atom is 0.242 e. The highest BCUT2D eigenvalue weighted by Gasteiger charge is 2.27. The van der Waals surface area contributed by atoms with Gasteiger partial charge >= 0.3 is 0 Å². The van der Waals surface area contributed by atoms with Gasteiger partial charge in [0.2, 0.25) is 21.8 Å². The second kappa shape index (κ2) is 12.6. The van der Waals surface area contributed by atoms with Gasteiger partial charge in [0.1, 0.15) is 6.04 Å². The highest BCUT2D eigenvalue weighted by atomic mass is 32.2. The van der Waals surface area contributed by atoms with Gasteiger partial charge in [-0.3, -0.25) is 13.9 Å². The Morgan fingerprint density at radius 1 is 1.03 bits per heavy atom. The summed E-state index contributed by atoms with van der Waals surface area (Å²) < 4.78 is 26.1. The summed E-state index contributed by atoms with van der Waals surface area (Å²) in [7, 11) is -3.50. The average Bonchev–Trinajstić information content (AvgIpc) is 2.79. The van der Waals surface area contributed by atoms with Crippen molar-refractivity contribution in [1.82, 2.24) is 10.2 Å². The zero-order valence-electron chi connectivity index (χ0n) is 20.8. The second-order valence-corrected chi connectivity index (χ2v) is 10.7. The monoisotopic (exact) mass is 487 g/mol. The van der Waals surface area contributed by atoms with Crippen LogP contribution in [0.3, 0.4) is 0 Å². The minimum atomic E-state index is -3.50. The fourth-order valence-corrected chi connectivity index (χ4v) is 4.57. The molecule has 0 radical (unpaired) electrons. The quantitative estimate of drug-likeness (QED) is 0.492. The molecule has 2 amide bonds. The summed E-state index contributed by atoms with van der Waals surface area (Å²) in [6.45, 7) is 8.04. The van der Waals surface area contributed by atoms with Gasteiger partial charge in [0.25, 0.3) is 0 Å². The van der Waals surface area contributed by atoms with E-state index in [0.717, 1.165) is 17.5 Å². The fraction of sp³-hybridized carbons (Fsp3) is 0.462. The largest absolute Gasteiger partial charge is 0.352 e. The molecule has 0 saturated carbocycles. The van der Waals surface area contributed by atoms with Crippen LogP contribution in [0.1, 0.15) is 51.2 Å². The molecule has 0 fully saturated rings. The van der Waals surface area contributed by atoms with Crippen molar-refractivity contribution in [3.63, 3.8) is 0 Å². The number of benzene rings is 2. The van der Waals surface area contributed by atoms with Gasteiger partial charge in [-0.15, -0.1) is 0 Å². The van der Waals surface area contributed by atoms with Crippen LogP contribution in [0, 0.1) is 6.92 Å². The van der Waals surface area contributed by atoms with Crippen molar-refractivity contribution in [2.45, 2.75) is 65.6 Å². The van der Waals surface area contributed by atoms with E-state index in [4.69, 9.17) is 0 Å².